The van der Waals surface area contributed by atoms with Gasteiger partial charge in [-0.15, -0.1) is 0 Å². The Bertz CT molecular complexity index is 698. The maximum Gasteiger partial charge on any atom is 0.224 e. The highest BCUT2D eigenvalue weighted by Crippen LogP contribution is 2.28. The van der Waals surface area contributed by atoms with Crippen LogP contribution in [0.25, 0.3) is 11.8 Å². The molecule has 2 aromatic rings. The highest BCUT2D eigenvalue weighted by atomic mass is 35.5. The maximum absolute atomic E-state index is 11.9. The zero-order valence-electron chi connectivity index (χ0n) is 10.5. The van der Waals surface area contributed by atoms with E-state index >= 15 is 0 Å². The lowest BCUT2D eigenvalue weighted by Gasteiger charge is -2.04. The van der Waals surface area contributed by atoms with Gasteiger partial charge in [0.15, 0.2) is 5.76 Å². The number of carbonyl (C=O) groups is 1. The Labute approximate surface area is 122 Å². The molecule has 0 aliphatic carbocycles. The lowest BCUT2D eigenvalue weighted by Crippen LogP contribution is -1.92. The van der Waals surface area contributed by atoms with Crippen LogP contribution >= 0.6 is 11.6 Å². The molecule has 3 rings (SSSR count). The fraction of sp³-hybridized carbons (Fsp3) is 0. The molecule has 0 unspecified atom stereocenters. The van der Waals surface area contributed by atoms with Crippen molar-refractivity contribution in [3.8, 4) is 0 Å². The molecule has 0 N–H and O–H groups in total. The number of hydrogen-bond acceptors (Lipinski definition) is 2. The number of rotatable bonds is 2. The monoisotopic (exact) mass is 282 g/mol. The molecule has 1 aliphatic heterocycles. The van der Waals surface area contributed by atoms with Gasteiger partial charge in [-0.3, -0.25) is 4.79 Å². The van der Waals surface area contributed by atoms with E-state index in [4.69, 9.17) is 16.3 Å². The molecule has 0 atom stereocenters. The molecule has 0 fully saturated rings. The highest BCUT2D eigenvalue weighted by Gasteiger charge is 2.21. The van der Waals surface area contributed by atoms with Crippen molar-refractivity contribution in [2.24, 2.45) is 0 Å². The van der Waals surface area contributed by atoms with Crippen LogP contribution in [0.4, 0.5) is 0 Å². The zero-order valence-corrected chi connectivity index (χ0v) is 11.3. The summed E-state index contributed by atoms with van der Waals surface area (Å²) in [6.07, 6.45) is 3.24. The largest absolute Gasteiger partial charge is 0.452 e. The van der Waals surface area contributed by atoms with Crippen LogP contribution in [0, 0.1) is 0 Å². The SMILES string of the molecule is O=C1C=C(c2ccc(Cl)cc2)O/C1=C/c1ccccc1. The van der Waals surface area contributed by atoms with Gasteiger partial charge < -0.3 is 4.74 Å². The summed E-state index contributed by atoms with van der Waals surface area (Å²) in [5, 5.41) is 0.652. The topological polar surface area (TPSA) is 26.3 Å². The van der Waals surface area contributed by atoms with E-state index in [2.05, 4.69) is 0 Å². The molecule has 0 spiro atoms. The molecule has 0 saturated carbocycles. The fourth-order valence-corrected chi connectivity index (χ4v) is 2.07. The van der Waals surface area contributed by atoms with Crippen molar-refractivity contribution >= 4 is 29.2 Å². The Hall–Kier alpha value is -2.32. The van der Waals surface area contributed by atoms with Crippen molar-refractivity contribution in [1.82, 2.24) is 0 Å². The molecule has 3 heteroatoms. The van der Waals surface area contributed by atoms with Gasteiger partial charge in [0.2, 0.25) is 5.78 Å². The Morgan fingerprint density at radius 3 is 2.35 bits per heavy atom. The Kier molecular flexibility index (Phi) is 3.40. The van der Waals surface area contributed by atoms with Gasteiger partial charge in [-0.05, 0) is 35.9 Å². The summed E-state index contributed by atoms with van der Waals surface area (Å²) in [7, 11) is 0. The van der Waals surface area contributed by atoms with E-state index in [9.17, 15) is 4.79 Å². The van der Waals surface area contributed by atoms with E-state index in [1.54, 1.807) is 18.2 Å². The molecule has 20 heavy (non-hydrogen) atoms. The molecule has 0 bridgehead atoms. The smallest absolute Gasteiger partial charge is 0.224 e. The molecule has 1 heterocycles. The quantitative estimate of drug-likeness (QED) is 0.767. The second-order valence-electron chi connectivity index (χ2n) is 4.40. The average Bonchev–Trinajstić information content (AvgIpc) is 2.82. The summed E-state index contributed by atoms with van der Waals surface area (Å²) in [5.41, 5.74) is 1.76. The number of ether oxygens (including phenoxy) is 1. The van der Waals surface area contributed by atoms with Crippen molar-refractivity contribution < 1.29 is 9.53 Å². The predicted octanol–water partition coefficient (Wildman–Crippen LogP) is 4.32. The lowest BCUT2D eigenvalue weighted by atomic mass is 10.1. The van der Waals surface area contributed by atoms with Crippen molar-refractivity contribution in [3.05, 3.63) is 82.6 Å². The lowest BCUT2D eigenvalue weighted by molar-refractivity contribution is -0.112. The highest BCUT2D eigenvalue weighted by molar-refractivity contribution is 6.30. The molecule has 0 saturated heterocycles. The molecule has 1 aliphatic rings. The van der Waals surface area contributed by atoms with Gasteiger partial charge >= 0.3 is 0 Å². The first-order valence-corrected chi connectivity index (χ1v) is 6.57. The normalized spacial score (nSPS) is 16.1. The van der Waals surface area contributed by atoms with E-state index in [1.807, 2.05) is 42.5 Å². The van der Waals surface area contributed by atoms with Crippen LogP contribution in [0.2, 0.25) is 5.02 Å². The standard InChI is InChI=1S/C17H11ClO2/c18-14-8-6-13(7-9-14)16-11-15(19)17(20-16)10-12-4-2-1-3-5-12/h1-11H/b17-10+. The van der Waals surface area contributed by atoms with Crippen LogP contribution in [0.15, 0.2) is 66.4 Å². The van der Waals surface area contributed by atoms with Crippen molar-refractivity contribution in [2.45, 2.75) is 0 Å². The number of hydrogen-bond donors (Lipinski definition) is 0. The van der Waals surface area contributed by atoms with Crippen LogP contribution in [0.5, 0.6) is 0 Å². The molecule has 2 aromatic carbocycles. The summed E-state index contributed by atoms with van der Waals surface area (Å²) in [6.45, 7) is 0. The summed E-state index contributed by atoms with van der Waals surface area (Å²) in [5.74, 6) is 0.758. The molecular formula is C17H11ClO2. The first-order valence-electron chi connectivity index (χ1n) is 6.19. The first-order chi connectivity index (χ1) is 9.72. The summed E-state index contributed by atoms with van der Waals surface area (Å²) < 4.78 is 5.63. The Balaban J connectivity index is 1.86. The average molecular weight is 283 g/mol. The third-order valence-electron chi connectivity index (χ3n) is 2.95. The minimum absolute atomic E-state index is 0.126. The second-order valence-corrected chi connectivity index (χ2v) is 4.84. The zero-order chi connectivity index (χ0) is 13.9. The van der Waals surface area contributed by atoms with Gasteiger partial charge in [0, 0.05) is 16.7 Å². The number of allylic oxidation sites excluding steroid dienone is 1. The van der Waals surface area contributed by atoms with Crippen molar-refractivity contribution in [3.63, 3.8) is 0 Å². The van der Waals surface area contributed by atoms with Crippen LogP contribution in [0.1, 0.15) is 11.1 Å². The predicted molar refractivity (Wildman–Crippen MR) is 79.9 cm³/mol. The van der Waals surface area contributed by atoms with Crippen LogP contribution in [-0.2, 0) is 9.53 Å². The maximum atomic E-state index is 11.9. The van der Waals surface area contributed by atoms with Crippen molar-refractivity contribution in [2.75, 3.05) is 0 Å². The second kappa shape index (κ2) is 5.35. The molecule has 2 nitrogen and oxygen atoms in total. The summed E-state index contributed by atoms with van der Waals surface area (Å²) in [6, 6.07) is 16.8. The van der Waals surface area contributed by atoms with E-state index in [0.717, 1.165) is 11.1 Å². The van der Waals surface area contributed by atoms with E-state index < -0.39 is 0 Å². The third kappa shape index (κ3) is 2.65. The Morgan fingerprint density at radius 1 is 0.950 bits per heavy atom. The number of carbonyl (C=O) groups excluding carboxylic acids is 1. The van der Waals surface area contributed by atoms with Gasteiger partial charge in [0.1, 0.15) is 5.76 Å². The van der Waals surface area contributed by atoms with Gasteiger partial charge in [-0.25, -0.2) is 0 Å². The minimum Gasteiger partial charge on any atom is -0.452 e. The van der Waals surface area contributed by atoms with E-state index in [1.165, 1.54) is 6.08 Å². The van der Waals surface area contributed by atoms with Gasteiger partial charge in [0.05, 0.1) is 0 Å². The molecule has 98 valence electrons. The van der Waals surface area contributed by atoms with Crippen LogP contribution in [0.3, 0.4) is 0 Å². The van der Waals surface area contributed by atoms with Gasteiger partial charge in [-0.1, -0.05) is 41.9 Å². The Morgan fingerprint density at radius 2 is 1.65 bits per heavy atom. The minimum atomic E-state index is -0.126. The molecule has 0 aromatic heterocycles. The van der Waals surface area contributed by atoms with Crippen molar-refractivity contribution in [1.29, 1.82) is 0 Å². The summed E-state index contributed by atoms with van der Waals surface area (Å²) >= 11 is 5.84. The number of ketones is 1. The molecular weight excluding hydrogens is 272 g/mol. The van der Waals surface area contributed by atoms with Crippen LogP contribution < -0.4 is 0 Å². The number of benzene rings is 2. The summed E-state index contributed by atoms with van der Waals surface area (Å²) in [4.78, 5) is 11.9. The third-order valence-corrected chi connectivity index (χ3v) is 3.20. The molecule has 0 amide bonds. The van der Waals surface area contributed by atoms with Crippen LogP contribution in [-0.4, -0.2) is 5.78 Å². The molecule has 0 radical (unpaired) electrons. The van der Waals surface area contributed by atoms with Gasteiger partial charge in [-0.2, -0.15) is 0 Å². The first kappa shape index (κ1) is 12.7. The number of halogens is 1. The fourth-order valence-electron chi connectivity index (χ4n) is 1.95. The van der Waals surface area contributed by atoms with Gasteiger partial charge in [0.25, 0.3) is 0 Å². The van der Waals surface area contributed by atoms with E-state index in [0.29, 0.717) is 16.5 Å². The van der Waals surface area contributed by atoms with E-state index in [-0.39, 0.29) is 5.78 Å².